The van der Waals surface area contributed by atoms with Crippen molar-refractivity contribution < 1.29 is 15.0 Å². The lowest BCUT2D eigenvalue weighted by atomic mass is 10.0. The molecule has 0 amide bonds. The Morgan fingerprint density at radius 3 is 2.67 bits per heavy atom. The third-order valence-corrected chi connectivity index (χ3v) is 4.68. The molecule has 0 aliphatic carbocycles. The lowest BCUT2D eigenvalue weighted by molar-refractivity contribution is 0.0698. The number of aliphatic hydroxyl groups excluding tert-OH is 1. The Balaban J connectivity index is 1.96. The molecule has 3 rings (SSSR count). The Morgan fingerprint density at radius 1 is 1.25 bits per heavy atom. The lowest BCUT2D eigenvalue weighted by Crippen LogP contribution is -2.44. The Hall–Kier alpha value is -1.89. The van der Waals surface area contributed by atoms with Gasteiger partial charge in [0.25, 0.3) is 0 Å². The minimum Gasteiger partial charge on any atom is -0.478 e. The number of nitrogens with one attached hydrogen (secondary N) is 1. The number of aromatic nitrogens is 1. The maximum Gasteiger partial charge on any atom is 0.337 e. The third-order valence-electron chi connectivity index (χ3n) is 4.68. The van der Waals surface area contributed by atoms with Gasteiger partial charge in [-0.05, 0) is 36.6 Å². The van der Waals surface area contributed by atoms with Gasteiger partial charge in [0.2, 0.25) is 0 Å². The summed E-state index contributed by atoms with van der Waals surface area (Å²) in [6.07, 6.45) is 2.90. The number of aromatic carboxylic acids is 1. The molecular weight excluding hydrogens is 306 g/mol. The van der Waals surface area contributed by atoms with Gasteiger partial charge in [0.1, 0.15) is 0 Å². The quantitative estimate of drug-likeness (QED) is 0.738. The molecule has 1 aliphatic heterocycles. The average Bonchev–Trinajstić information content (AvgIpc) is 2.91. The van der Waals surface area contributed by atoms with Gasteiger partial charge in [0.15, 0.2) is 0 Å². The van der Waals surface area contributed by atoms with Crippen molar-refractivity contribution in [2.24, 2.45) is 0 Å². The summed E-state index contributed by atoms with van der Waals surface area (Å²) in [5.74, 6) is -0.922. The molecule has 1 aromatic heterocycles. The van der Waals surface area contributed by atoms with Crippen LogP contribution >= 0.6 is 0 Å². The molecule has 0 atom stereocenters. The van der Waals surface area contributed by atoms with Crippen LogP contribution in [0.5, 0.6) is 0 Å². The zero-order valence-electron chi connectivity index (χ0n) is 14.1. The third kappa shape index (κ3) is 3.45. The summed E-state index contributed by atoms with van der Waals surface area (Å²) >= 11 is 0. The van der Waals surface area contributed by atoms with Crippen LogP contribution in [-0.4, -0.2) is 65.0 Å². The zero-order chi connectivity index (χ0) is 17.1. The predicted octanol–water partition coefficient (Wildman–Crippen LogP) is 1.09. The molecule has 6 nitrogen and oxygen atoms in total. The van der Waals surface area contributed by atoms with Crippen molar-refractivity contribution in [2.45, 2.75) is 19.9 Å². The van der Waals surface area contributed by atoms with Gasteiger partial charge in [-0.2, -0.15) is 0 Å². The molecule has 1 aliphatic rings. The normalized spacial score (nSPS) is 15.9. The molecule has 3 N–H and O–H groups in total. The number of hydrogen-bond donors (Lipinski definition) is 3. The number of nitrogens with zero attached hydrogens (tertiary/aromatic N) is 2. The number of benzene rings is 1. The molecule has 0 unspecified atom stereocenters. The van der Waals surface area contributed by atoms with E-state index >= 15 is 0 Å². The molecule has 6 heteroatoms. The highest BCUT2D eigenvalue weighted by Gasteiger charge is 2.18. The van der Waals surface area contributed by atoms with Crippen molar-refractivity contribution in [3.63, 3.8) is 0 Å². The molecular formula is C18H25N3O3. The van der Waals surface area contributed by atoms with E-state index in [1.807, 2.05) is 17.7 Å². The van der Waals surface area contributed by atoms with Gasteiger partial charge < -0.3 is 25.0 Å². The van der Waals surface area contributed by atoms with Crippen LogP contribution < -0.4 is 5.32 Å². The Morgan fingerprint density at radius 2 is 2.00 bits per heavy atom. The number of aryl methyl sites for hydroxylation is 1. The topological polar surface area (TPSA) is 77.7 Å². The number of hydrogen-bond acceptors (Lipinski definition) is 4. The second-order valence-electron chi connectivity index (χ2n) is 6.43. The summed E-state index contributed by atoms with van der Waals surface area (Å²) in [6, 6.07) is 3.77. The highest BCUT2D eigenvalue weighted by atomic mass is 16.4. The highest BCUT2D eigenvalue weighted by Crippen LogP contribution is 2.27. The van der Waals surface area contributed by atoms with Gasteiger partial charge in [0, 0.05) is 50.9 Å². The van der Waals surface area contributed by atoms with Crippen molar-refractivity contribution in [2.75, 3.05) is 39.3 Å². The van der Waals surface area contributed by atoms with Crippen LogP contribution in [0.3, 0.4) is 0 Å². The average molecular weight is 331 g/mol. The van der Waals surface area contributed by atoms with Gasteiger partial charge in [-0.3, -0.25) is 0 Å². The second kappa shape index (κ2) is 7.34. The van der Waals surface area contributed by atoms with Crippen LogP contribution in [0.1, 0.15) is 21.5 Å². The molecule has 0 radical (unpaired) electrons. The van der Waals surface area contributed by atoms with Gasteiger partial charge >= 0.3 is 5.97 Å². The molecule has 2 aromatic rings. The minimum absolute atomic E-state index is 0.00600. The number of carboxylic acid groups (broad SMARTS) is 1. The van der Waals surface area contributed by atoms with E-state index < -0.39 is 5.97 Å². The van der Waals surface area contributed by atoms with Crippen molar-refractivity contribution >= 4 is 16.9 Å². The Labute approximate surface area is 141 Å². The maximum absolute atomic E-state index is 11.6. The van der Waals surface area contributed by atoms with E-state index in [1.165, 1.54) is 0 Å². The summed E-state index contributed by atoms with van der Waals surface area (Å²) in [4.78, 5) is 14.1. The Bertz CT molecular complexity index is 733. The molecule has 130 valence electrons. The fraction of sp³-hybridized carbons (Fsp3) is 0.500. The van der Waals surface area contributed by atoms with Crippen LogP contribution in [0.4, 0.5) is 0 Å². The van der Waals surface area contributed by atoms with Crippen LogP contribution in [0.15, 0.2) is 18.3 Å². The van der Waals surface area contributed by atoms with E-state index in [0.29, 0.717) is 12.1 Å². The van der Waals surface area contributed by atoms with E-state index in [0.717, 1.165) is 61.2 Å². The number of aliphatic hydroxyl groups is 1. The first-order valence-corrected chi connectivity index (χ1v) is 8.49. The number of carboxylic acids is 1. The second-order valence-corrected chi connectivity index (χ2v) is 6.43. The van der Waals surface area contributed by atoms with Gasteiger partial charge in [-0.1, -0.05) is 0 Å². The van der Waals surface area contributed by atoms with Crippen molar-refractivity contribution in [3.05, 3.63) is 35.0 Å². The number of fused-ring (bicyclic) bond motifs is 1. The Kier molecular flexibility index (Phi) is 5.18. The number of carbonyl (C=O) groups is 1. The zero-order valence-corrected chi connectivity index (χ0v) is 14.1. The monoisotopic (exact) mass is 331 g/mol. The lowest BCUT2D eigenvalue weighted by Gasteiger charge is -2.26. The summed E-state index contributed by atoms with van der Waals surface area (Å²) in [5.41, 5.74) is 3.14. The highest BCUT2D eigenvalue weighted by molar-refractivity contribution is 6.03. The standard InChI is InChI=1S/C18H25N3O3/c1-13-10-15-14(2-5-20-6-3-19-4-7-20)12-21(8-9-22)17(15)16(11-13)18(23)24/h10-12,19,22H,2-9H2,1H3,(H,23,24). The molecule has 1 saturated heterocycles. The molecule has 24 heavy (non-hydrogen) atoms. The van der Waals surface area contributed by atoms with Crippen LogP contribution in [0.2, 0.25) is 0 Å². The molecule has 1 fully saturated rings. The number of rotatable bonds is 6. The minimum atomic E-state index is -0.922. The van der Waals surface area contributed by atoms with E-state index in [-0.39, 0.29) is 6.61 Å². The van der Waals surface area contributed by atoms with Crippen LogP contribution in [0.25, 0.3) is 10.9 Å². The first kappa shape index (κ1) is 17.0. The first-order valence-electron chi connectivity index (χ1n) is 8.49. The number of piperazine rings is 1. The van der Waals surface area contributed by atoms with Crippen molar-refractivity contribution in [1.29, 1.82) is 0 Å². The summed E-state index contributed by atoms with van der Waals surface area (Å²) < 4.78 is 1.88. The SMILES string of the molecule is Cc1cc(C(=O)O)c2c(c1)c(CCN1CCNCC1)cn2CCO. The van der Waals surface area contributed by atoms with Gasteiger partial charge in [-0.25, -0.2) is 4.79 Å². The predicted molar refractivity (Wildman–Crippen MR) is 93.7 cm³/mol. The smallest absolute Gasteiger partial charge is 0.337 e. The van der Waals surface area contributed by atoms with Crippen molar-refractivity contribution in [1.82, 2.24) is 14.8 Å². The van der Waals surface area contributed by atoms with E-state index in [9.17, 15) is 15.0 Å². The van der Waals surface area contributed by atoms with E-state index in [2.05, 4.69) is 16.3 Å². The fourth-order valence-electron chi connectivity index (χ4n) is 3.51. The summed E-state index contributed by atoms with van der Waals surface area (Å²) in [7, 11) is 0. The fourth-order valence-corrected chi connectivity index (χ4v) is 3.51. The van der Waals surface area contributed by atoms with Gasteiger partial charge in [-0.15, -0.1) is 0 Å². The van der Waals surface area contributed by atoms with Crippen LogP contribution in [0, 0.1) is 6.92 Å². The summed E-state index contributed by atoms with van der Waals surface area (Å²) in [5, 5.41) is 23.2. The van der Waals surface area contributed by atoms with Crippen molar-refractivity contribution in [3.8, 4) is 0 Å². The maximum atomic E-state index is 11.6. The summed E-state index contributed by atoms with van der Waals surface area (Å²) in [6.45, 7) is 7.44. The molecule has 1 aromatic carbocycles. The molecule has 0 spiro atoms. The van der Waals surface area contributed by atoms with E-state index in [1.54, 1.807) is 6.07 Å². The molecule has 0 bridgehead atoms. The van der Waals surface area contributed by atoms with Gasteiger partial charge in [0.05, 0.1) is 17.7 Å². The largest absolute Gasteiger partial charge is 0.478 e. The first-order chi connectivity index (χ1) is 11.6. The molecule has 0 saturated carbocycles. The van der Waals surface area contributed by atoms with E-state index in [4.69, 9.17) is 0 Å². The molecule has 2 heterocycles. The van der Waals surface area contributed by atoms with Crippen LogP contribution in [-0.2, 0) is 13.0 Å².